The molecule has 1 aromatic rings. The third kappa shape index (κ3) is 3.43. The van der Waals surface area contributed by atoms with Crippen molar-refractivity contribution in [1.29, 1.82) is 0 Å². The SMILES string of the molecule is O=S(=O)(NCC1CNCCO1)c1ccccc1Cl. The lowest BCUT2D eigenvalue weighted by molar-refractivity contribution is 0.0324. The fourth-order valence-corrected chi connectivity index (χ4v) is 3.28. The number of hydrogen-bond acceptors (Lipinski definition) is 4. The van der Waals surface area contributed by atoms with Gasteiger partial charge in [-0.15, -0.1) is 0 Å². The summed E-state index contributed by atoms with van der Waals surface area (Å²) in [6.45, 7) is 2.28. The highest BCUT2D eigenvalue weighted by molar-refractivity contribution is 7.89. The van der Waals surface area contributed by atoms with E-state index in [1.165, 1.54) is 6.07 Å². The van der Waals surface area contributed by atoms with Gasteiger partial charge in [0.25, 0.3) is 0 Å². The van der Waals surface area contributed by atoms with Crippen LogP contribution in [0.25, 0.3) is 0 Å². The second-order valence-electron chi connectivity index (χ2n) is 3.98. The van der Waals surface area contributed by atoms with Crippen LogP contribution in [0.2, 0.25) is 5.02 Å². The number of halogens is 1. The van der Waals surface area contributed by atoms with Gasteiger partial charge in [-0.1, -0.05) is 23.7 Å². The molecule has 0 saturated carbocycles. The molecule has 1 unspecified atom stereocenters. The minimum absolute atomic E-state index is 0.0930. The standard InChI is InChI=1S/C11H15ClN2O3S/c12-10-3-1-2-4-11(10)18(15,16)14-8-9-7-13-5-6-17-9/h1-4,9,13-14H,5-8H2. The Hall–Kier alpha value is -0.660. The number of benzene rings is 1. The van der Waals surface area contributed by atoms with Gasteiger partial charge in [0, 0.05) is 19.6 Å². The van der Waals surface area contributed by atoms with E-state index in [1.54, 1.807) is 18.2 Å². The van der Waals surface area contributed by atoms with Crippen molar-refractivity contribution >= 4 is 21.6 Å². The number of sulfonamides is 1. The van der Waals surface area contributed by atoms with Crippen molar-refractivity contribution in [2.75, 3.05) is 26.2 Å². The Morgan fingerprint density at radius 1 is 1.44 bits per heavy atom. The van der Waals surface area contributed by atoms with E-state index in [0.29, 0.717) is 13.2 Å². The largest absolute Gasteiger partial charge is 0.374 e. The van der Waals surface area contributed by atoms with Gasteiger partial charge in [0.1, 0.15) is 4.90 Å². The first-order valence-corrected chi connectivity index (χ1v) is 7.52. The van der Waals surface area contributed by atoms with E-state index >= 15 is 0 Å². The predicted octanol–water partition coefficient (Wildman–Crippen LogP) is 0.607. The van der Waals surface area contributed by atoms with Crippen molar-refractivity contribution in [3.63, 3.8) is 0 Å². The zero-order valence-electron chi connectivity index (χ0n) is 9.73. The molecule has 5 nitrogen and oxygen atoms in total. The van der Waals surface area contributed by atoms with Crippen LogP contribution in [-0.4, -0.2) is 40.8 Å². The fraction of sp³-hybridized carbons (Fsp3) is 0.455. The molecule has 0 aliphatic carbocycles. The van der Waals surface area contributed by atoms with Crippen molar-refractivity contribution < 1.29 is 13.2 Å². The molecule has 1 aromatic carbocycles. The summed E-state index contributed by atoms with van der Waals surface area (Å²) in [5.74, 6) is 0. The summed E-state index contributed by atoms with van der Waals surface area (Å²) in [4.78, 5) is 0.0930. The second kappa shape index (κ2) is 5.99. The Labute approximate surface area is 112 Å². The zero-order valence-corrected chi connectivity index (χ0v) is 11.3. The van der Waals surface area contributed by atoms with Gasteiger partial charge >= 0.3 is 0 Å². The average Bonchev–Trinajstić information content (AvgIpc) is 2.38. The van der Waals surface area contributed by atoms with Crippen LogP contribution in [0.4, 0.5) is 0 Å². The first kappa shape index (κ1) is 13.8. The minimum Gasteiger partial charge on any atom is -0.374 e. The summed E-state index contributed by atoms with van der Waals surface area (Å²) in [6, 6.07) is 6.36. The lowest BCUT2D eigenvalue weighted by atomic mass is 10.3. The molecule has 1 aliphatic heterocycles. The summed E-state index contributed by atoms with van der Waals surface area (Å²) in [6.07, 6.45) is -0.143. The number of ether oxygens (including phenoxy) is 1. The highest BCUT2D eigenvalue weighted by Gasteiger charge is 2.20. The molecule has 0 aromatic heterocycles. The highest BCUT2D eigenvalue weighted by atomic mass is 35.5. The second-order valence-corrected chi connectivity index (χ2v) is 6.12. The number of hydrogen-bond donors (Lipinski definition) is 2. The third-order valence-electron chi connectivity index (χ3n) is 2.63. The smallest absolute Gasteiger partial charge is 0.242 e. The molecule has 7 heteroatoms. The Kier molecular flexibility index (Phi) is 4.58. The molecule has 0 spiro atoms. The topological polar surface area (TPSA) is 67.4 Å². The van der Waals surface area contributed by atoms with Gasteiger partial charge < -0.3 is 10.1 Å². The maximum atomic E-state index is 12.0. The Balaban J connectivity index is 2.01. The van der Waals surface area contributed by atoms with E-state index in [1.807, 2.05) is 0 Å². The maximum Gasteiger partial charge on any atom is 0.242 e. The van der Waals surface area contributed by atoms with E-state index in [-0.39, 0.29) is 22.6 Å². The first-order valence-electron chi connectivity index (χ1n) is 5.66. The van der Waals surface area contributed by atoms with E-state index in [0.717, 1.165) is 6.54 Å². The molecule has 2 rings (SSSR count). The first-order chi connectivity index (χ1) is 8.59. The summed E-state index contributed by atoms with van der Waals surface area (Å²) < 4.78 is 32.0. The lowest BCUT2D eigenvalue weighted by Gasteiger charge is -2.23. The predicted molar refractivity (Wildman–Crippen MR) is 69.3 cm³/mol. The van der Waals surface area contributed by atoms with Gasteiger partial charge in [0.05, 0.1) is 17.7 Å². The van der Waals surface area contributed by atoms with Crippen LogP contribution in [0.5, 0.6) is 0 Å². The maximum absolute atomic E-state index is 12.0. The van der Waals surface area contributed by atoms with Crippen molar-refractivity contribution in [2.45, 2.75) is 11.0 Å². The molecule has 18 heavy (non-hydrogen) atoms. The molecule has 0 bridgehead atoms. The van der Waals surface area contributed by atoms with Crippen molar-refractivity contribution in [3.05, 3.63) is 29.3 Å². The molecule has 1 aliphatic rings. The summed E-state index contributed by atoms with van der Waals surface area (Å²) in [5.41, 5.74) is 0. The van der Waals surface area contributed by atoms with Gasteiger partial charge in [0.15, 0.2) is 0 Å². The van der Waals surface area contributed by atoms with Crippen molar-refractivity contribution in [1.82, 2.24) is 10.0 Å². The number of morpholine rings is 1. The molecule has 1 saturated heterocycles. The Morgan fingerprint density at radius 2 is 2.22 bits per heavy atom. The molecule has 1 fully saturated rings. The zero-order chi connectivity index (χ0) is 13.0. The van der Waals surface area contributed by atoms with Crippen LogP contribution in [0.3, 0.4) is 0 Å². The molecule has 100 valence electrons. The van der Waals surface area contributed by atoms with Crippen LogP contribution in [0, 0.1) is 0 Å². The minimum atomic E-state index is -3.58. The van der Waals surface area contributed by atoms with Crippen LogP contribution < -0.4 is 10.0 Å². The van der Waals surface area contributed by atoms with Crippen LogP contribution in [-0.2, 0) is 14.8 Å². The molecule has 1 atom stereocenters. The Morgan fingerprint density at radius 3 is 2.89 bits per heavy atom. The van der Waals surface area contributed by atoms with Gasteiger partial charge in [-0.05, 0) is 12.1 Å². The normalized spacial score (nSPS) is 20.8. The van der Waals surface area contributed by atoms with Gasteiger partial charge in [-0.2, -0.15) is 0 Å². The molecule has 0 amide bonds. The molecular formula is C11H15ClN2O3S. The van der Waals surface area contributed by atoms with Gasteiger partial charge in [0.2, 0.25) is 10.0 Å². The summed E-state index contributed by atoms with van der Waals surface area (Å²) >= 11 is 5.87. The number of nitrogens with one attached hydrogen (secondary N) is 2. The van der Waals surface area contributed by atoms with Crippen LogP contribution in [0.15, 0.2) is 29.2 Å². The quantitative estimate of drug-likeness (QED) is 0.852. The third-order valence-corrected chi connectivity index (χ3v) is 4.55. The molecule has 2 N–H and O–H groups in total. The van der Waals surface area contributed by atoms with Crippen molar-refractivity contribution in [2.24, 2.45) is 0 Å². The summed E-state index contributed by atoms with van der Waals surface area (Å²) in [5, 5.41) is 3.35. The van der Waals surface area contributed by atoms with Crippen LogP contribution in [0.1, 0.15) is 0 Å². The Bertz CT molecular complexity index is 501. The fourth-order valence-electron chi connectivity index (χ4n) is 1.69. The van der Waals surface area contributed by atoms with E-state index in [4.69, 9.17) is 16.3 Å². The monoisotopic (exact) mass is 290 g/mol. The van der Waals surface area contributed by atoms with Gasteiger partial charge in [-0.3, -0.25) is 0 Å². The van der Waals surface area contributed by atoms with E-state index in [9.17, 15) is 8.42 Å². The summed E-state index contributed by atoms with van der Waals surface area (Å²) in [7, 11) is -3.58. The van der Waals surface area contributed by atoms with E-state index < -0.39 is 10.0 Å². The average molecular weight is 291 g/mol. The molecule has 1 heterocycles. The molecule has 0 radical (unpaired) electrons. The van der Waals surface area contributed by atoms with E-state index in [2.05, 4.69) is 10.0 Å². The molecular weight excluding hydrogens is 276 g/mol. The lowest BCUT2D eigenvalue weighted by Crippen LogP contribution is -2.45. The van der Waals surface area contributed by atoms with Crippen LogP contribution >= 0.6 is 11.6 Å². The van der Waals surface area contributed by atoms with Crippen molar-refractivity contribution in [3.8, 4) is 0 Å². The van der Waals surface area contributed by atoms with Gasteiger partial charge in [-0.25, -0.2) is 13.1 Å². The number of rotatable bonds is 4. The highest BCUT2D eigenvalue weighted by Crippen LogP contribution is 2.20.